The quantitative estimate of drug-likeness (QED) is 0.201. The van der Waals surface area contributed by atoms with Crippen LogP contribution in [0.1, 0.15) is 16.7 Å². The van der Waals surface area contributed by atoms with Crippen LogP contribution in [-0.4, -0.2) is 25.0 Å². The zero-order valence-corrected chi connectivity index (χ0v) is 20.8. The van der Waals surface area contributed by atoms with Crippen LogP contribution < -0.4 is 14.9 Å². The molecule has 166 valence electrons. The summed E-state index contributed by atoms with van der Waals surface area (Å²) in [7, 11) is 1.56. The van der Waals surface area contributed by atoms with Gasteiger partial charge in [-0.3, -0.25) is 4.79 Å². The van der Waals surface area contributed by atoms with E-state index in [-0.39, 0.29) is 11.7 Å². The first kappa shape index (κ1) is 24.2. The number of hydrogen-bond acceptors (Lipinski definition) is 5. The standard InChI is InChI=1S/C24H22BrClN2O3S/c1-16-7-9-19(10-8-16)32-15-23(29)28-27-13-17-11-20(25)24(22(12-17)30-2)31-14-18-5-3-4-6-21(18)26/h3-13H,14-15H2,1-2H3,(H,28,29)/b27-13-. The number of thioether (sulfide) groups is 1. The lowest BCUT2D eigenvalue weighted by Gasteiger charge is -2.14. The molecular weight excluding hydrogens is 512 g/mol. The summed E-state index contributed by atoms with van der Waals surface area (Å²) in [6.07, 6.45) is 1.56. The van der Waals surface area contributed by atoms with Gasteiger partial charge in [-0.25, -0.2) is 5.43 Å². The van der Waals surface area contributed by atoms with Crippen LogP contribution in [0.25, 0.3) is 0 Å². The zero-order valence-electron chi connectivity index (χ0n) is 17.6. The van der Waals surface area contributed by atoms with Crippen molar-refractivity contribution >= 4 is 51.4 Å². The van der Waals surface area contributed by atoms with Crippen LogP contribution >= 0.6 is 39.3 Å². The average molecular weight is 534 g/mol. The minimum Gasteiger partial charge on any atom is -0.493 e. The van der Waals surface area contributed by atoms with E-state index in [1.807, 2.05) is 61.5 Å². The van der Waals surface area contributed by atoms with Gasteiger partial charge in [0.05, 0.1) is 23.5 Å². The Hall–Kier alpha value is -2.48. The minimum atomic E-state index is -0.183. The third-order valence-corrected chi connectivity index (χ3v) is 6.35. The number of aryl methyl sites for hydroxylation is 1. The van der Waals surface area contributed by atoms with E-state index in [0.29, 0.717) is 27.6 Å². The number of hydrogen-bond donors (Lipinski definition) is 1. The molecule has 5 nitrogen and oxygen atoms in total. The lowest BCUT2D eigenvalue weighted by Crippen LogP contribution is -2.19. The van der Waals surface area contributed by atoms with Crippen LogP contribution in [-0.2, 0) is 11.4 Å². The van der Waals surface area contributed by atoms with Crippen LogP contribution in [0.3, 0.4) is 0 Å². The maximum absolute atomic E-state index is 12.1. The molecule has 0 aliphatic carbocycles. The molecule has 3 aromatic carbocycles. The molecule has 0 saturated heterocycles. The molecule has 0 spiro atoms. The predicted molar refractivity (Wildman–Crippen MR) is 134 cm³/mol. The van der Waals surface area contributed by atoms with Gasteiger partial charge < -0.3 is 9.47 Å². The lowest BCUT2D eigenvalue weighted by molar-refractivity contribution is -0.118. The Morgan fingerprint density at radius 2 is 1.94 bits per heavy atom. The molecule has 3 aromatic rings. The molecule has 8 heteroatoms. The fourth-order valence-corrected chi connectivity index (χ4v) is 4.17. The molecule has 0 heterocycles. The Kier molecular flexibility index (Phi) is 9.02. The molecule has 0 atom stereocenters. The number of nitrogens with zero attached hydrogens (tertiary/aromatic N) is 1. The molecular formula is C24H22BrClN2O3S. The van der Waals surface area contributed by atoms with Crippen LogP contribution in [0.5, 0.6) is 11.5 Å². The van der Waals surface area contributed by atoms with Gasteiger partial charge >= 0.3 is 0 Å². The van der Waals surface area contributed by atoms with Crippen LogP contribution in [0.4, 0.5) is 0 Å². The van der Waals surface area contributed by atoms with Crippen molar-refractivity contribution in [2.45, 2.75) is 18.4 Å². The van der Waals surface area contributed by atoms with E-state index in [9.17, 15) is 4.79 Å². The Morgan fingerprint density at radius 1 is 1.19 bits per heavy atom. The second-order valence-corrected chi connectivity index (χ2v) is 9.12. The molecule has 32 heavy (non-hydrogen) atoms. The van der Waals surface area contributed by atoms with Gasteiger partial charge in [0.2, 0.25) is 5.91 Å². The number of carbonyl (C=O) groups is 1. The molecule has 1 amide bonds. The van der Waals surface area contributed by atoms with Gasteiger partial charge in [-0.2, -0.15) is 5.10 Å². The maximum atomic E-state index is 12.1. The number of benzene rings is 3. The van der Waals surface area contributed by atoms with E-state index >= 15 is 0 Å². The molecule has 0 radical (unpaired) electrons. The number of amides is 1. The first-order valence-electron chi connectivity index (χ1n) is 9.71. The van der Waals surface area contributed by atoms with E-state index in [1.165, 1.54) is 17.3 Å². The fourth-order valence-electron chi connectivity index (χ4n) is 2.71. The predicted octanol–water partition coefficient (Wildman–Crippen LogP) is 6.24. The SMILES string of the molecule is COc1cc(/C=N\NC(=O)CSc2ccc(C)cc2)cc(Br)c1OCc1ccccc1Cl. The third kappa shape index (κ3) is 7.02. The molecule has 0 aromatic heterocycles. The number of ether oxygens (including phenoxy) is 2. The van der Waals surface area contributed by atoms with Crippen molar-refractivity contribution < 1.29 is 14.3 Å². The summed E-state index contributed by atoms with van der Waals surface area (Å²) in [5, 5.41) is 4.69. The highest BCUT2D eigenvalue weighted by molar-refractivity contribution is 9.10. The smallest absolute Gasteiger partial charge is 0.250 e. The molecule has 3 rings (SSSR count). The summed E-state index contributed by atoms with van der Waals surface area (Å²) in [5.74, 6) is 1.19. The highest BCUT2D eigenvalue weighted by atomic mass is 79.9. The maximum Gasteiger partial charge on any atom is 0.250 e. The summed E-state index contributed by atoms with van der Waals surface area (Å²) < 4.78 is 12.1. The first-order chi connectivity index (χ1) is 15.5. The fraction of sp³-hybridized carbons (Fsp3) is 0.167. The largest absolute Gasteiger partial charge is 0.493 e. The van der Waals surface area contributed by atoms with Crippen molar-refractivity contribution in [1.29, 1.82) is 0 Å². The highest BCUT2D eigenvalue weighted by Gasteiger charge is 2.12. The van der Waals surface area contributed by atoms with Crippen molar-refractivity contribution in [1.82, 2.24) is 5.43 Å². The number of rotatable bonds is 9. The number of nitrogens with one attached hydrogen (secondary N) is 1. The summed E-state index contributed by atoms with van der Waals surface area (Å²) in [5.41, 5.74) is 5.35. The topological polar surface area (TPSA) is 59.9 Å². The molecule has 0 fully saturated rings. The first-order valence-corrected chi connectivity index (χ1v) is 11.9. The number of halogens is 2. The lowest BCUT2D eigenvalue weighted by atomic mass is 10.2. The van der Waals surface area contributed by atoms with E-state index in [0.717, 1.165) is 16.0 Å². The Morgan fingerprint density at radius 3 is 2.66 bits per heavy atom. The van der Waals surface area contributed by atoms with Gasteiger partial charge in [0, 0.05) is 15.5 Å². The van der Waals surface area contributed by atoms with E-state index in [1.54, 1.807) is 19.4 Å². The normalized spacial score (nSPS) is 10.9. The van der Waals surface area contributed by atoms with Crippen molar-refractivity contribution in [2.75, 3.05) is 12.9 Å². The van der Waals surface area contributed by atoms with Gasteiger partial charge in [-0.05, 0) is 58.7 Å². The number of carbonyl (C=O) groups excluding carboxylic acids is 1. The van der Waals surface area contributed by atoms with Gasteiger partial charge in [0.1, 0.15) is 6.61 Å². The second kappa shape index (κ2) is 11.9. The molecule has 0 unspecified atom stereocenters. The zero-order chi connectivity index (χ0) is 22.9. The summed E-state index contributed by atoms with van der Waals surface area (Å²) in [6, 6.07) is 19.1. The van der Waals surface area contributed by atoms with Crippen molar-refractivity contribution in [3.05, 3.63) is 86.8 Å². The van der Waals surface area contributed by atoms with E-state index < -0.39 is 0 Å². The molecule has 0 aliphatic heterocycles. The summed E-state index contributed by atoms with van der Waals surface area (Å²) >= 11 is 11.2. The average Bonchev–Trinajstić information content (AvgIpc) is 2.78. The molecule has 0 saturated carbocycles. The monoisotopic (exact) mass is 532 g/mol. The Bertz CT molecular complexity index is 1110. The number of methoxy groups -OCH3 is 1. The Balaban J connectivity index is 1.58. The van der Waals surface area contributed by atoms with Crippen LogP contribution in [0, 0.1) is 6.92 Å². The third-order valence-electron chi connectivity index (χ3n) is 4.38. The van der Waals surface area contributed by atoms with Crippen LogP contribution in [0.15, 0.2) is 75.1 Å². The van der Waals surface area contributed by atoms with E-state index in [2.05, 4.69) is 26.5 Å². The molecule has 0 aliphatic rings. The van der Waals surface area contributed by atoms with Gasteiger partial charge in [-0.1, -0.05) is 47.5 Å². The highest BCUT2D eigenvalue weighted by Crippen LogP contribution is 2.37. The van der Waals surface area contributed by atoms with Gasteiger partial charge in [0.15, 0.2) is 11.5 Å². The van der Waals surface area contributed by atoms with Crippen molar-refractivity contribution in [2.24, 2.45) is 5.10 Å². The van der Waals surface area contributed by atoms with Gasteiger partial charge in [-0.15, -0.1) is 11.8 Å². The van der Waals surface area contributed by atoms with Crippen molar-refractivity contribution in [3.8, 4) is 11.5 Å². The summed E-state index contributed by atoms with van der Waals surface area (Å²) in [6.45, 7) is 2.33. The molecule has 0 bridgehead atoms. The van der Waals surface area contributed by atoms with Gasteiger partial charge in [0.25, 0.3) is 0 Å². The Labute approximate surface area is 205 Å². The van der Waals surface area contributed by atoms with E-state index in [4.69, 9.17) is 21.1 Å². The minimum absolute atomic E-state index is 0.183. The molecule has 1 N–H and O–H groups in total. The number of hydrazone groups is 1. The summed E-state index contributed by atoms with van der Waals surface area (Å²) in [4.78, 5) is 13.1. The second-order valence-electron chi connectivity index (χ2n) is 6.81. The van der Waals surface area contributed by atoms with Crippen LogP contribution in [0.2, 0.25) is 5.02 Å². The van der Waals surface area contributed by atoms with Crippen molar-refractivity contribution in [3.63, 3.8) is 0 Å².